The molecule has 4 nitrogen and oxygen atoms in total. The third-order valence-electron chi connectivity index (χ3n) is 2.53. The largest absolute Gasteiger partial charge is 0.385 e. The highest BCUT2D eigenvalue weighted by Crippen LogP contribution is 2.05. The van der Waals surface area contributed by atoms with E-state index in [1.165, 1.54) is 0 Å². The standard InChI is InChI=1S/C11H21N3O/c1-12-10(5-4-8-15-3)9-11-6-7-14(2)13-11/h6-7,10,12H,4-5,8-9H2,1-3H3. The van der Waals surface area contributed by atoms with E-state index in [4.69, 9.17) is 4.74 Å². The number of nitrogens with zero attached hydrogens (tertiary/aromatic N) is 2. The molecule has 86 valence electrons. The van der Waals surface area contributed by atoms with Crippen LogP contribution in [0.25, 0.3) is 0 Å². The Morgan fingerprint density at radius 3 is 2.93 bits per heavy atom. The van der Waals surface area contributed by atoms with E-state index >= 15 is 0 Å². The fourth-order valence-electron chi connectivity index (χ4n) is 1.65. The molecule has 0 spiro atoms. The van der Waals surface area contributed by atoms with Gasteiger partial charge in [-0.15, -0.1) is 0 Å². The number of nitrogens with one attached hydrogen (secondary N) is 1. The number of methoxy groups -OCH3 is 1. The Morgan fingerprint density at radius 1 is 1.60 bits per heavy atom. The van der Waals surface area contributed by atoms with Crippen molar-refractivity contribution >= 4 is 0 Å². The molecule has 1 atom stereocenters. The molecule has 1 aromatic rings. The Balaban J connectivity index is 2.33. The fourth-order valence-corrected chi connectivity index (χ4v) is 1.65. The third kappa shape index (κ3) is 4.44. The smallest absolute Gasteiger partial charge is 0.0639 e. The van der Waals surface area contributed by atoms with Gasteiger partial charge in [0.05, 0.1) is 5.69 Å². The van der Waals surface area contributed by atoms with E-state index in [1.807, 2.05) is 25.0 Å². The lowest BCUT2D eigenvalue weighted by atomic mass is 10.1. The molecule has 15 heavy (non-hydrogen) atoms. The number of hydrogen-bond donors (Lipinski definition) is 1. The first-order valence-corrected chi connectivity index (χ1v) is 5.41. The summed E-state index contributed by atoms with van der Waals surface area (Å²) < 4.78 is 6.89. The van der Waals surface area contributed by atoms with Crippen LogP contribution >= 0.6 is 0 Å². The summed E-state index contributed by atoms with van der Waals surface area (Å²) in [4.78, 5) is 0. The van der Waals surface area contributed by atoms with Crippen LogP contribution in [0.5, 0.6) is 0 Å². The molecular weight excluding hydrogens is 190 g/mol. The van der Waals surface area contributed by atoms with E-state index in [9.17, 15) is 0 Å². The van der Waals surface area contributed by atoms with Crippen molar-refractivity contribution in [1.82, 2.24) is 15.1 Å². The SMILES string of the molecule is CNC(CCCOC)Cc1ccn(C)n1. The van der Waals surface area contributed by atoms with Gasteiger partial charge in [0.1, 0.15) is 0 Å². The molecular formula is C11H21N3O. The van der Waals surface area contributed by atoms with Gasteiger partial charge in [0.2, 0.25) is 0 Å². The van der Waals surface area contributed by atoms with Crippen molar-refractivity contribution in [3.05, 3.63) is 18.0 Å². The molecule has 0 aliphatic carbocycles. The minimum Gasteiger partial charge on any atom is -0.385 e. The second-order valence-electron chi connectivity index (χ2n) is 3.81. The number of hydrogen-bond acceptors (Lipinski definition) is 3. The molecule has 0 saturated carbocycles. The molecule has 1 aromatic heterocycles. The maximum atomic E-state index is 5.04. The number of aromatic nitrogens is 2. The maximum absolute atomic E-state index is 5.04. The molecule has 0 saturated heterocycles. The lowest BCUT2D eigenvalue weighted by Crippen LogP contribution is -2.28. The Labute approximate surface area is 91.6 Å². The van der Waals surface area contributed by atoms with Gasteiger partial charge in [-0.1, -0.05) is 0 Å². The van der Waals surface area contributed by atoms with Crippen LogP contribution in [-0.2, 0) is 18.2 Å². The van der Waals surface area contributed by atoms with Crippen molar-refractivity contribution in [1.29, 1.82) is 0 Å². The van der Waals surface area contributed by atoms with Crippen LogP contribution in [0.1, 0.15) is 18.5 Å². The third-order valence-corrected chi connectivity index (χ3v) is 2.53. The van der Waals surface area contributed by atoms with Gasteiger partial charge in [-0.3, -0.25) is 4.68 Å². The van der Waals surface area contributed by atoms with Gasteiger partial charge in [-0.2, -0.15) is 5.10 Å². The van der Waals surface area contributed by atoms with Gasteiger partial charge < -0.3 is 10.1 Å². The highest BCUT2D eigenvalue weighted by Gasteiger charge is 2.08. The van der Waals surface area contributed by atoms with E-state index in [-0.39, 0.29) is 0 Å². The van der Waals surface area contributed by atoms with Crippen LogP contribution in [0.3, 0.4) is 0 Å². The highest BCUT2D eigenvalue weighted by atomic mass is 16.5. The van der Waals surface area contributed by atoms with Crippen molar-refractivity contribution in [2.75, 3.05) is 20.8 Å². The summed E-state index contributed by atoms with van der Waals surface area (Å²) in [5.74, 6) is 0. The van der Waals surface area contributed by atoms with Crippen LogP contribution < -0.4 is 5.32 Å². The van der Waals surface area contributed by atoms with Crippen LogP contribution in [0.15, 0.2) is 12.3 Å². The molecule has 0 radical (unpaired) electrons. The molecule has 0 aliphatic rings. The Morgan fingerprint density at radius 2 is 2.40 bits per heavy atom. The predicted octanol–water partition coefficient (Wildman–Crippen LogP) is 0.977. The fraction of sp³-hybridized carbons (Fsp3) is 0.727. The second kappa shape index (κ2) is 6.58. The number of rotatable bonds is 7. The Bertz CT molecular complexity index is 273. The van der Waals surface area contributed by atoms with Gasteiger partial charge >= 0.3 is 0 Å². The van der Waals surface area contributed by atoms with E-state index in [1.54, 1.807) is 7.11 Å². The maximum Gasteiger partial charge on any atom is 0.0639 e. The van der Waals surface area contributed by atoms with Crippen molar-refractivity contribution in [3.8, 4) is 0 Å². The molecule has 1 rings (SSSR count). The highest BCUT2D eigenvalue weighted by molar-refractivity contribution is 5.01. The summed E-state index contributed by atoms with van der Waals surface area (Å²) in [6.07, 6.45) is 5.19. The summed E-state index contributed by atoms with van der Waals surface area (Å²) in [6.45, 7) is 0.834. The molecule has 1 N–H and O–H groups in total. The molecule has 0 amide bonds. The number of aryl methyl sites for hydroxylation is 1. The molecule has 0 bridgehead atoms. The number of likely N-dealkylation sites (N-methyl/N-ethyl adjacent to an activating group) is 1. The van der Waals surface area contributed by atoms with Gasteiger partial charge in [0, 0.05) is 39.4 Å². The topological polar surface area (TPSA) is 39.1 Å². The molecule has 0 aliphatic heterocycles. The van der Waals surface area contributed by atoms with Crippen LogP contribution in [0.4, 0.5) is 0 Å². The lowest BCUT2D eigenvalue weighted by Gasteiger charge is -2.14. The normalized spacial score (nSPS) is 13.0. The van der Waals surface area contributed by atoms with Gasteiger partial charge in [0.25, 0.3) is 0 Å². The molecule has 1 heterocycles. The second-order valence-corrected chi connectivity index (χ2v) is 3.81. The summed E-state index contributed by atoms with van der Waals surface area (Å²) in [7, 11) is 5.69. The van der Waals surface area contributed by atoms with Crippen molar-refractivity contribution in [2.45, 2.75) is 25.3 Å². The minimum atomic E-state index is 0.495. The molecule has 0 aromatic carbocycles. The number of ether oxygens (including phenoxy) is 1. The zero-order valence-electron chi connectivity index (χ0n) is 9.86. The first-order chi connectivity index (χ1) is 7.26. The van der Waals surface area contributed by atoms with Gasteiger partial charge in [0.15, 0.2) is 0 Å². The van der Waals surface area contributed by atoms with Crippen LogP contribution in [-0.4, -0.2) is 36.6 Å². The summed E-state index contributed by atoms with van der Waals surface area (Å²) in [6, 6.07) is 2.57. The first-order valence-electron chi connectivity index (χ1n) is 5.41. The zero-order chi connectivity index (χ0) is 11.1. The van der Waals surface area contributed by atoms with E-state index in [0.29, 0.717) is 6.04 Å². The van der Waals surface area contributed by atoms with Crippen LogP contribution in [0, 0.1) is 0 Å². The average molecular weight is 211 g/mol. The zero-order valence-corrected chi connectivity index (χ0v) is 9.86. The molecule has 0 fully saturated rings. The average Bonchev–Trinajstić information content (AvgIpc) is 2.63. The van der Waals surface area contributed by atoms with E-state index in [0.717, 1.165) is 31.6 Å². The Hall–Kier alpha value is -0.870. The summed E-state index contributed by atoms with van der Waals surface area (Å²) in [5.41, 5.74) is 1.15. The van der Waals surface area contributed by atoms with E-state index < -0.39 is 0 Å². The summed E-state index contributed by atoms with van der Waals surface area (Å²) >= 11 is 0. The van der Waals surface area contributed by atoms with Gasteiger partial charge in [-0.25, -0.2) is 0 Å². The lowest BCUT2D eigenvalue weighted by molar-refractivity contribution is 0.189. The molecule has 4 heteroatoms. The summed E-state index contributed by atoms with van der Waals surface area (Å²) in [5, 5.41) is 7.69. The van der Waals surface area contributed by atoms with Crippen molar-refractivity contribution in [2.24, 2.45) is 7.05 Å². The van der Waals surface area contributed by atoms with Crippen molar-refractivity contribution in [3.63, 3.8) is 0 Å². The van der Waals surface area contributed by atoms with E-state index in [2.05, 4.69) is 16.5 Å². The van der Waals surface area contributed by atoms with Crippen LogP contribution in [0.2, 0.25) is 0 Å². The predicted molar refractivity (Wildman–Crippen MR) is 60.9 cm³/mol. The van der Waals surface area contributed by atoms with Gasteiger partial charge in [-0.05, 0) is 26.0 Å². The Kier molecular flexibility index (Phi) is 5.36. The minimum absolute atomic E-state index is 0.495. The quantitative estimate of drug-likeness (QED) is 0.683. The molecule has 1 unspecified atom stereocenters. The first kappa shape index (κ1) is 12.2. The monoisotopic (exact) mass is 211 g/mol. The van der Waals surface area contributed by atoms with Crippen molar-refractivity contribution < 1.29 is 4.74 Å².